The zero-order valence-electron chi connectivity index (χ0n) is 15.6. The second-order valence-electron chi connectivity index (χ2n) is 5.80. The Morgan fingerprint density at radius 3 is 2.79 bits per heavy atom. The lowest BCUT2D eigenvalue weighted by Crippen LogP contribution is -2.23. The molecule has 1 amide bonds. The molecular formula is C19H18F2N4O2S2. The highest BCUT2D eigenvalue weighted by Crippen LogP contribution is 2.33. The van der Waals surface area contributed by atoms with Crippen molar-refractivity contribution in [1.29, 1.82) is 0 Å². The Morgan fingerprint density at radius 1 is 1.21 bits per heavy atom. The Labute approximate surface area is 174 Å². The van der Waals surface area contributed by atoms with Crippen LogP contribution in [0.3, 0.4) is 0 Å². The van der Waals surface area contributed by atoms with Gasteiger partial charge in [-0.15, -0.1) is 10.2 Å². The number of benzene rings is 2. The first kappa shape index (κ1) is 21.0. The van der Waals surface area contributed by atoms with Crippen LogP contribution in [0.5, 0.6) is 5.75 Å². The average molecular weight is 437 g/mol. The number of carbonyl (C=O) groups is 1. The third-order valence-electron chi connectivity index (χ3n) is 3.67. The number of carbonyl (C=O) groups excluding carboxylic acids is 1. The fourth-order valence-electron chi connectivity index (χ4n) is 2.31. The van der Waals surface area contributed by atoms with E-state index in [-0.39, 0.29) is 5.69 Å². The molecule has 0 aliphatic carbocycles. The van der Waals surface area contributed by atoms with Gasteiger partial charge in [0.25, 0.3) is 0 Å². The first-order chi connectivity index (χ1) is 14.0. The zero-order chi connectivity index (χ0) is 20.8. The predicted molar refractivity (Wildman–Crippen MR) is 111 cm³/mol. The molecule has 2 aromatic carbocycles. The monoisotopic (exact) mass is 436 g/mol. The van der Waals surface area contributed by atoms with E-state index in [4.69, 9.17) is 4.74 Å². The second-order valence-corrected chi connectivity index (χ2v) is 8.37. The summed E-state index contributed by atoms with van der Waals surface area (Å²) in [4.78, 5) is 12.3. The zero-order valence-corrected chi connectivity index (χ0v) is 17.2. The minimum Gasteiger partial charge on any atom is -0.492 e. The summed E-state index contributed by atoms with van der Waals surface area (Å²) < 4.78 is 33.1. The molecule has 0 saturated carbocycles. The number of aromatic nitrogens is 2. The molecule has 0 fully saturated rings. The second kappa shape index (κ2) is 9.66. The molecule has 0 aliphatic rings. The van der Waals surface area contributed by atoms with E-state index >= 15 is 0 Å². The fourth-order valence-corrected chi connectivity index (χ4v) is 4.22. The molecule has 0 spiro atoms. The van der Waals surface area contributed by atoms with E-state index in [0.29, 0.717) is 21.8 Å². The minimum atomic E-state index is -0.702. The van der Waals surface area contributed by atoms with Gasteiger partial charge in [0.15, 0.2) is 4.34 Å². The molecule has 1 heterocycles. The summed E-state index contributed by atoms with van der Waals surface area (Å²) in [6.45, 7) is 4.09. The first-order valence-corrected chi connectivity index (χ1v) is 10.4. The van der Waals surface area contributed by atoms with Crippen molar-refractivity contribution >= 4 is 45.5 Å². The maximum atomic E-state index is 13.7. The SMILES string of the molecule is CCOc1ccccc1Nc1nnc(SC(C)C(=O)Nc2cc(F)ccc2F)s1. The van der Waals surface area contributed by atoms with Gasteiger partial charge in [-0.25, -0.2) is 8.78 Å². The van der Waals surface area contributed by atoms with Gasteiger partial charge >= 0.3 is 0 Å². The Morgan fingerprint density at radius 2 is 2.00 bits per heavy atom. The molecule has 0 radical (unpaired) electrons. The molecule has 6 nitrogen and oxygen atoms in total. The molecule has 1 aromatic heterocycles. The molecule has 2 N–H and O–H groups in total. The molecule has 3 rings (SSSR count). The lowest BCUT2D eigenvalue weighted by Gasteiger charge is -2.11. The maximum Gasteiger partial charge on any atom is 0.237 e. The quantitative estimate of drug-likeness (QED) is 0.480. The van der Waals surface area contributed by atoms with Crippen LogP contribution in [0.15, 0.2) is 46.8 Å². The van der Waals surface area contributed by atoms with Crippen LogP contribution in [0.2, 0.25) is 0 Å². The normalized spacial score (nSPS) is 11.7. The molecule has 29 heavy (non-hydrogen) atoms. The van der Waals surface area contributed by atoms with E-state index in [1.54, 1.807) is 6.92 Å². The fraction of sp³-hybridized carbons (Fsp3) is 0.211. The van der Waals surface area contributed by atoms with Crippen molar-refractivity contribution in [3.8, 4) is 5.75 Å². The number of halogens is 2. The van der Waals surface area contributed by atoms with Crippen LogP contribution in [-0.4, -0.2) is 28.0 Å². The van der Waals surface area contributed by atoms with Crippen LogP contribution in [0, 0.1) is 11.6 Å². The summed E-state index contributed by atoms with van der Waals surface area (Å²) in [7, 11) is 0. The van der Waals surface area contributed by atoms with Crippen LogP contribution < -0.4 is 15.4 Å². The third-order valence-corrected chi connectivity index (χ3v) is 5.69. The number of nitrogens with zero attached hydrogens (tertiary/aromatic N) is 2. The van der Waals surface area contributed by atoms with Crippen molar-refractivity contribution in [1.82, 2.24) is 10.2 Å². The van der Waals surface area contributed by atoms with Crippen LogP contribution in [0.1, 0.15) is 13.8 Å². The number of rotatable bonds is 8. The number of nitrogens with one attached hydrogen (secondary N) is 2. The third kappa shape index (κ3) is 5.64. The van der Waals surface area contributed by atoms with Gasteiger partial charge in [0.1, 0.15) is 17.4 Å². The average Bonchev–Trinajstić information content (AvgIpc) is 3.13. The van der Waals surface area contributed by atoms with Crippen molar-refractivity contribution < 1.29 is 18.3 Å². The number of thioether (sulfide) groups is 1. The largest absolute Gasteiger partial charge is 0.492 e. The first-order valence-electron chi connectivity index (χ1n) is 8.71. The van der Waals surface area contributed by atoms with Crippen molar-refractivity contribution in [2.45, 2.75) is 23.4 Å². The van der Waals surface area contributed by atoms with E-state index in [2.05, 4.69) is 20.8 Å². The van der Waals surface area contributed by atoms with E-state index in [0.717, 1.165) is 23.9 Å². The molecule has 1 atom stereocenters. The Balaban J connectivity index is 1.62. The Hall–Kier alpha value is -2.72. The van der Waals surface area contributed by atoms with Crippen molar-refractivity contribution in [3.63, 3.8) is 0 Å². The summed E-state index contributed by atoms with van der Waals surface area (Å²) in [6.07, 6.45) is 0. The van der Waals surface area contributed by atoms with Crippen molar-refractivity contribution in [2.75, 3.05) is 17.2 Å². The molecule has 0 bridgehead atoms. The predicted octanol–water partition coefficient (Wildman–Crippen LogP) is 5.08. The summed E-state index contributed by atoms with van der Waals surface area (Å²) in [5, 5.41) is 13.6. The van der Waals surface area contributed by atoms with Crippen molar-refractivity contribution in [3.05, 3.63) is 54.1 Å². The molecule has 0 saturated heterocycles. The summed E-state index contributed by atoms with van der Waals surface area (Å²) >= 11 is 2.44. The Kier molecular flexibility index (Phi) is 6.99. The standard InChI is InChI=1S/C19H18F2N4O2S2/c1-3-27-16-7-5-4-6-14(16)23-18-24-25-19(29-18)28-11(2)17(26)22-15-10-12(20)8-9-13(15)21/h4-11H,3H2,1-2H3,(H,22,26)(H,23,24). The molecule has 3 aromatic rings. The van der Waals surface area contributed by atoms with Gasteiger partial charge in [-0.2, -0.15) is 0 Å². The number of para-hydroxylation sites is 2. The number of amides is 1. The van der Waals surface area contributed by atoms with Gasteiger partial charge in [-0.3, -0.25) is 4.79 Å². The highest BCUT2D eigenvalue weighted by Gasteiger charge is 2.19. The summed E-state index contributed by atoms with van der Waals surface area (Å²) in [6, 6.07) is 10.4. The topological polar surface area (TPSA) is 76.1 Å². The molecule has 152 valence electrons. The molecule has 1 unspecified atom stereocenters. The maximum absolute atomic E-state index is 13.7. The van der Waals surface area contributed by atoms with Gasteiger partial charge in [0.05, 0.1) is 23.2 Å². The van der Waals surface area contributed by atoms with Crippen molar-refractivity contribution in [2.24, 2.45) is 0 Å². The Bertz CT molecular complexity index is 1000. The van der Waals surface area contributed by atoms with E-state index in [1.807, 2.05) is 31.2 Å². The van der Waals surface area contributed by atoms with E-state index in [1.165, 1.54) is 23.1 Å². The molecule has 0 aliphatic heterocycles. The highest BCUT2D eigenvalue weighted by atomic mass is 32.2. The minimum absolute atomic E-state index is 0.199. The van der Waals surface area contributed by atoms with E-state index < -0.39 is 22.8 Å². The smallest absolute Gasteiger partial charge is 0.237 e. The summed E-state index contributed by atoms with van der Waals surface area (Å²) in [5.74, 6) is -1.10. The van der Waals surface area contributed by atoms with Gasteiger partial charge in [-0.1, -0.05) is 35.2 Å². The van der Waals surface area contributed by atoms with E-state index in [9.17, 15) is 13.6 Å². The molecule has 10 heteroatoms. The van der Waals surface area contributed by atoms with Gasteiger partial charge < -0.3 is 15.4 Å². The van der Waals surface area contributed by atoms with Crippen LogP contribution >= 0.6 is 23.1 Å². The van der Waals surface area contributed by atoms with Gasteiger partial charge in [-0.05, 0) is 38.1 Å². The number of ether oxygens (including phenoxy) is 1. The lowest BCUT2D eigenvalue weighted by atomic mass is 10.3. The lowest BCUT2D eigenvalue weighted by molar-refractivity contribution is -0.115. The number of hydrogen-bond acceptors (Lipinski definition) is 7. The highest BCUT2D eigenvalue weighted by molar-refractivity contribution is 8.02. The summed E-state index contributed by atoms with van der Waals surface area (Å²) in [5.41, 5.74) is 0.559. The number of hydrogen-bond donors (Lipinski definition) is 2. The van der Waals surface area contributed by atoms with Crippen LogP contribution in [0.4, 0.5) is 25.3 Å². The van der Waals surface area contributed by atoms with Gasteiger partial charge in [0, 0.05) is 6.07 Å². The van der Waals surface area contributed by atoms with Crippen LogP contribution in [-0.2, 0) is 4.79 Å². The van der Waals surface area contributed by atoms with Crippen LogP contribution in [0.25, 0.3) is 0 Å². The van der Waals surface area contributed by atoms with Gasteiger partial charge in [0.2, 0.25) is 11.0 Å². The molecular weight excluding hydrogens is 418 g/mol. The number of anilines is 3.